The lowest BCUT2D eigenvalue weighted by Crippen LogP contribution is -2.05. The molecule has 3 heterocycles. The SMILES string of the molecule is N#C/C(=C/c1ccco1)c1nnc2n1CCCCC2. The summed E-state index contributed by atoms with van der Waals surface area (Å²) < 4.78 is 7.31. The van der Waals surface area contributed by atoms with Crippen LogP contribution in [0, 0.1) is 11.3 Å². The Hall–Kier alpha value is -2.35. The van der Waals surface area contributed by atoms with Gasteiger partial charge in [-0.15, -0.1) is 10.2 Å². The highest BCUT2D eigenvalue weighted by Gasteiger charge is 2.17. The van der Waals surface area contributed by atoms with Crippen molar-refractivity contribution in [2.24, 2.45) is 0 Å². The van der Waals surface area contributed by atoms with E-state index >= 15 is 0 Å². The molecule has 0 radical (unpaired) electrons. The Labute approximate surface area is 111 Å². The van der Waals surface area contributed by atoms with Crippen LogP contribution in [0.1, 0.15) is 36.7 Å². The van der Waals surface area contributed by atoms with E-state index < -0.39 is 0 Å². The summed E-state index contributed by atoms with van der Waals surface area (Å²) in [6.07, 6.45) is 7.69. The van der Waals surface area contributed by atoms with Gasteiger partial charge in [0, 0.05) is 19.0 Å². The first-order chi connectivity index (χ1) is 9.38. The fourth-order valence-corrected chi connectivity index (χ4v) is 2.35. The van der Waals surface area contributed by atoms with Crippen LogP contribution in [0.4, 0.5) is 0 Å². The monoisotopic (exact) mass is 254 g/mol. The van der Waals surface area contributed by atoms with Gasteiger partial charge in [0.05, 0.1) is 6.26 Å². The molecule has 0 unspecified atom stereocenters. The topological polar surface area (TPSA) is 67.6 Å². The van der Waals surface area contributed by atoms with Crippen LogP contribution in [0.5, 0.6) is 0 Å². The van der Waals surface area contributed by atoms with Crippen LogP contribution in [0.15, 0.2) is 22.8 Å². The molecule has 0 bridgehead atoms. The minimum Gasteiger partial charge on any atom is -0.465 e. The number of hydrogen-bond acceptors (Lipinski definition) is 4. The molecule has 2 aromatic heterocycles. The van der Waals surface area contributed by atoms with Crippen molar-refractivity contribution < 1.29 is 4.42 Å². The van der Waals surface area contributed by atoms with Gasteiger partial charge in [-0.25, -0.2) is 0 Å². The van der Waals surface area contributed by atoms with Gasteiger partial charge in [-0.1, -0.05) is 6.42 Å². The molecule has 0 atom stereocenters. The molecule has 1 aliphatic heterocycles. The van der Waals surface area contributed by atoms with Crippen molar-refractivity contribution in [3.8, 4) is 6.07 Å². The highest BCUT2D eigenvalue weighted by atomic mass is 16.3. The first kappa shape index (κ1) is 11.7. The van der Waals surface area contributed by atoms with E-state index in [4.69, 9.17) is 4.42 Å². The average Bonchev–Trinajstić information content (AvgIpc) is 3.01. The van der Waals surface area contributed by atoms with Crippen molar-refractivity contribution in [1.29, 1.82) is 5.26 Å². The van der Waals surface area contributed by atoms with E-state index in [1.54, 1.807) is 18.4 Å². The number of nitrogens with zero attached hydrogens (tertiary/aromatic N) is 4. The van der Waals surface area contributed by atoms with E-state index in [0.717, 1.165) is 31.6 Å². The Morgan fingerprint density at radius 1 is 1.37 bits per heavy atom. The summed E-state index contributed by atoms with van der Waals surface area (Å²) in [4.78, 5) is 0. The second-order valence-electron chi connectivity index (χ2n) is 4.59. The van der Waals surface area contributed by atoms with Crippen LogP contribution >= 0.6 is 0 Å². The van der Waals surface area contributed by atoms with Crippen LogP contribution in [0.3, 0.4) is 0 Å². The Bertz CT molecular complexity index is 631. The molecule has 0 aliphatic carbocycles. The van der Waals surface area contributed by atoms with E-state index in [0.29, 0.717) is 17.2 Å². The maximum Gasteiger partial charge on any atom is 0.174 e. The van der Waals surface area contributed by atoms with Crippen LogP contribution < -0.4 is 0 Å². The van der Waals surface area contributed by atoms with Gasteiger partial charge in [-0.05, 0) is 25.0 Å². The van der Waals surface area contributed by atoms with E-state index in [-0.39, 0.29) is 0 Å². The zero-order valence-electron chi connectivity index (χ0n) is 10.5. The summed E-state index contributed by atoms with van der Waals surface area (Å²) in [5, 5.41) is 17.7. The Morgan fingerprint density at radius 3 is 3.11 bits per heavy atom. The summed E-state index contributed by atoms with van der Waals surface area (Å²) in [7, 11) is 0. The number of aryl methyl sites for hydroxylation is 1. The smallest absolute Gasteiger partial charge is 0.174 e. The van der Waals surface area contributed by atoms with Crippen molar-refractivity contribution in [2.75, 3.05) is 0 Å². The van der Waals surface area contributed by atoms with Crippen molar-refractivity contribution >= 4 is 11.6 Å². The third kappa shape index (κ3) is 2.29. The molecule has 0 N–H and O–H groups in total. The molecular weight excluding hydrogens is 240 g/mol. The number of aromatic nitrogens is 3. The third-order valence-corrected chi connectivity index (χ3v) is 3.30. The lowest BCUT2D eigenvalue weighted by molar-refractivity contribution is 0.557. The Morgan fingerprint density at radius 2 is 2.32 bits per heavy atom. The lowest BCUT2D eigenvalue weighted by atomic mass is 10.2. The number of fused-ring (bicyclic) bond motifs is 1. The third-order valence-electron chi connectivity index (χ3n) is 3.30. The molecule has 19 heavy (non-hydrogen) atoms. The molecule has 5 heteroatoms. The van der Waals surface area contributed by atoms with Crippen molar-refractivity contribution in [2.45, 2.75) is 32.2 Å². The summed E-state index contributed by atoms with van der Waals surface area (Å²) in [6, 6.07) is 5.80. The molecule has 0 spiro atoms. The fraction of sp³-hybridized carbons (Fsp3) is 0.357. The average molecular weight is 254 g/mol. The lowest BCUT2D eigenvalue weighted by Gasteiger charge is -2.05. The fourth-order valence-electron chi connectivity index (χ4n) is 2.35. The van der Waals surface area contributed by atoms with Gasteiger partial charge < -0.3 is 8.98 Å². The van der Waals surface area contributed by atoms with E-state index in [9.17, 15) is 5.26 Å². The van der Waals surface area contributed by atoms with Crippen LogP contribution in [0.2, 0.25) is 0 Å². The second-order valence-corrected chi connectivity index (χ2v) is 4.59. The molecule has 3 rings (SSSR count). The molecule has 96 valence electrons. The first-order valence-corrected chi connectivity index (χ1v) is 6.46. The van der Waals surface area contributed by atoms with Gasteiger partial charge in [-0.3, -0.25) is 0 Å². The maximum atomic E-state index is 9.33. The molecular formula is C14H14N4O. The summed E-state index contributed by atoms with van der Waals surface area (Å²) in [5.41, 5.74) is 0.496. The van der Waals surface area contributed by atoms with E-state index in [2.05, 4.69) is 20.8 Å². The van der Waals surface area contributed by atoms with Crippen LogP contribution in [-0.4, -0.2) is 14.8 Å². The van der Waals surface area contributed by atoms with Gasteiger partial charge in [0.2, 0.25) is 0 Å². The normalized spacial score (nSPS) is 15.6. The first-order valence-electron chi connectivity index (χ1n) is 6.46. The zero-order valence-corrected chi connectivity index (χ0v) is 10.5. The highest BCUT2D eigenvalue weighted by Crippen LogP contribution is 2.21. The molecule has 5 nitrogen and oxygen atoms in total. The number of nitriles is 1. The number of hydrogen-bond donors (Lipinski definition) is 0. The van der Waals surface area contributed by atoms with Gasteiger partial charge in [0.25, 0.3) is 0 Å². The van der Waals surface area contributed by atoms with Gasteiger partial charge in [-0.2, -0.15) is 5.26 Å². The predicted molar refractivity (Wildman–Crippen MR) is 69.8 cm³/mol. The van der Waals surface area contributed by atoms with E-state index in [1.807, 2.05) is 6.07 Å². The van der Waals surface area contributed by atoms with Crippen LogP contribution in [-0.2, 0) is 13.0 Å². The molecule has 0 amide bonds. The largest absolute Gasteiger partial charge is 0.465 e. The molecule has 0 aromatic carbocycles. The molecule has 0 saturated carbocycles. The predicted octanol–water partition coefficient (Wildman–Crippen LogP) is 2.66. The second kappa shape index (κ2) is 5.11. The zero-order chi connectivity index (χ0) is 13.1. The van der Waals surface area contributed by atoms with Crippen molar-refractivity contribution in [3.05, 3.63) is 35.8 Å². The number of rotatable bonds is 2. The summed E-state index contributed by atoms with van der Waals surface area (Å²) >= 11 is 0. The summed E-state index contributed by atoms with van der Waals surface area (Å²) in [5.74, 6) is 2.28. The minimum absolute atomic E-state index is 0.496. The van der Waals surface area contributed by atoms with Gasteiger partial charge >= 0.3 is 0 Å². The number of furan rings is 1. The summed E-state index contributed by atoms with van der Waals surface area (Å²) in [6.45, 7) is 0.884. The van der Waals surface area contributed by atoms with Gasteiger partial charge in [0.15, 0.2) is 5.82 Å². The Balaban J connectivity index is 2.01. The molecule has 0 fully saturated rings. The molecule has 1 aliphatic rings. The highest BCUT2D eigenvalue weighted by molar-refractivity contribution is 5.86. The molecule has 2 aromatic rings. The van der Waals surface area contributed by atoms with Gasteiger partial charge in [0.1, 0.15) is 23.2 Å². The minimum atomic E-state index is 0.496. The number of allylic oxidation sites excluding steroid dienone is 1. The molecule has 0 saturated heterocycles. The van der Waals surface area contributed by atoms with E-state index in [1.165, 1.54) is 6.42 Å². The van der Waals surface area contributed by atoms with Crippen LogP contribution in [0.25, 0.3) is 11.6 Å². The quantitative estimate of drug-likeness (QED) is 0.773. The van der Waals surface area contributed by atoms with Crippen molar-refractivity contribution in [3.63, 3.8) is 0 Å². The standard InChI is InChI=1S/C14H14N4O/c15-10-11(9-12-5-4-8-19-12)14-17-16-13-6-2-1-3-7-18(13)14/h4-5,8-9H,1-3,6-7H2/b11-9-. The Kier molecular flexibility index (Phi) is 3.15. The maximum absolute atomic E-state index is 9.33. The van der Waals surface area contributed by atoms with Crippen molar-refractivity contribution in [1.82, 2.24) is 14.8 Å².